The highest BCUT2D eigenvalue weighted by Gasteiger charge is 2.08. The van der Waals surface area contributed by atoms with E-state index in [0.29, 0.717) is 12.4 Å². The third-order valence-electron chi connectivity index (χ3n) is 2.22. The van der Waals surface area contributed by atoms with Crippen LogP contribution in [0.5, 0.6) is 0 Å². The van der Waals surface area contributed by atoms with Crippen LogP contribution in [0.1, 0.15) is 19.4 Å². The predicted octanol–water partition coefficient (Wildman–Crippen LogP) is 2.46. The molecule has 3 nitrogen and oxygen atoms in total. The Labute approximate surface area is 107 Å². The predicted molar refractivity (Wildman–Crippen MR) is 73.4 cm³/mol. The maximum atomic E-state index is 9.73. The third kappa shape index (κ3) is 5.44. The molecule has 1 rings (SSSR count). The molecule has 0 bridgehead atoms. The van der Waals surface area contributed by atoms with Crippen molar-refractivity contribution >= 4 is 17.4 Å². The van der Waals surface area contributed by atoms with Gasteiger partial charge in [0, 0.05) is 16.3 Å². The quantitative estimate of drug-likeness (QED) is 0.605. The number of aliphatic hydroxyl groups excluding tert-OH is 1. The fourth-order valence-corrected chi connectivity index (χ4v) is 2.28. The van der Waals surface area contributed by atoms with Gasteiger partial charge in [0.05, 0.1) is 18.8 Å². The van der Waals surface area contributed by atoms with Crippen LogP contribution in [0.15, 0.2) is 23.1 Å². The monoisotopic (exact) mass is 255 g/mol. The molecule has 0 saturated carbocycles. The molecular weight excluding hydrogens is 234 g/mol. The number of ether oxygens (including phenoxy) is 1. The minimum atomic E-state index is -0.456. The zero-order chi connectivity index (χ0) is 12.8. The van der Waals surface area contributed by atoms with Crippen LogP contribution < -0.4 is 5.73 Å². The second-order valence-electron chi connectivity index (χ2n) is 4.39. The minimum absolute atomic E-state index is 0.152. The van der Waals surface area contributed by atoms with Gasteiger partial charge in [-0.15, -0.1) is 11.8 Å². The Morgan fingerprint density at radius 3 is 2.76 bits per heavy atom. The van der Waals surface area contributed by atoms with E-state index >= 15 is 0 Å². The smallest absolute Gasteiger partial charge is 0.0867 e. The van der Waals surface area contributed by atoms with Gasteiger partial charge in [0.2, 0.25) is 0 Å². The molecule has 0 amide bonds. The van der Waals surface area contributed by atoms with Crippen LogP contribution in [0.2, 0.25) is 0 Å². The van der Waals surface area contributed by atoms with Crippen LogP contribution >= 0.6 is 11.8 Å². The number of nitrogens with two attached hydrogens (primary N) is 1. The number of nitrogen functional groups attached to an aromatic ring is 1. The van der Waals surface area contributed by atoms with Gasteiger partial charge in [-0.2, -0.15) is 0 Å². The maximum absolute atomic E-state index is 9.73. The first kappa shape index (κ1) is 14.4. The molecule has 0 heterocycles. The Hall–Kier alpha value is -0.710. The lowest BCUT2D eigenvalue weighted by atomic mass is 10.2. The highest BCUT2D eigenvalue weighted by molar-refractivity contribution is 7.99. The van der Waals surface area contributed by atoms with Crippen molar-refractivity contribution in [2.75, 3.05) is 18.1 Å². The SMILES string of the molecule is Cc1ccc(N)c(SCC(O)COC(C)C)c1. The van der Waals surface area contributed by atoms with Crippen LogP contribution in [0.25, 0.3) is 0 Å². The molecule has 0 radical (unpaired) electrons. The van der Waals surface area contributed by atoms with E-state index in [0.717, 1.165) is 10.6 Å². The minimum Gasteiger partial charge on any atom is -0.398 e. The van der Waals surface area contributed by atoms with Crippen LogP contribution in [0.4, 0.5) is 5.69 Å². The van der Waals surface area contributed by atoms with Gasteiger partial charge in [0.15, 0.2) is 0 Å². The first-order valence-corrected chi connectivity index (χ1v) is 6.76. The summed E-state index contributed by atoms with van der Waals surface area (Å²) in [6.45, 7) is 6.31. The molecule has 1 unspecified atom stereocenters. The molecule has 1 atom stereocenters. The number of thioether (sulfide) groups is 1. The van der Waals surface area contributed by atoms with Crippen molar-refractivity contribution in [3.8, 4) is 0 Å². The molecule has 4 heteroatoms. The summed E-state index contributed by atoms with van der Waals surface area (Å²) in [6.07, 6.45) is -0.305. The van der Waals surface area contributed by atoms with Crippen LogP contribution in [0, 0.1) is 6.92 Å². The third-order valence-corrected chi connectivity index (χ3v) is 3.44. The van der Waals surface area contributed by atoms with Crippen LogP contribution in [0.3, 0.4) is 0 Å². The van der Waals surface area contributed by atoms with Crippen molar-refractivity contribution in [2.45, 2.75) is 37.9 Å². The Morgan fingerprint density at radius 2 is 2.12 bits per heavy atom. The normalized spacial score (nSPS) is 13.0. The largest absolute Gasteiger partial charge is 0.398 e. The molecule has 1 aromatic rings. The molecule has 0 fully saturated rings. The van der Waals surface area contributed by atoms with E-state index in [1.54, 1.807) is 11.8 Å². The topological polar surface area (TPSA) is 55.5 Å². The maximum Gasteiger partial charge on any atom is 0.0867 e. The summed E-state index contributed by atoms with van der Waals surface area (Å²) in [4.78, 5) is 1.02. The summed E-state index contributed by atoms with van der Waals surface area (Å²) in [5.41, 5.74) is 7.80. The van der Waals surface area contributed by atoms with Crippen molar-refractivity contribution in [3.63, 3.8) is 0 Å². The highest BCUT2D eigenvalue weighted by atomic mass is 32.2. The fraction of sp³-hybridized carbons (Fsp3) is 0.538. The van der Waals surface area contributed by atoms with Gasteiger partial charge < -0.3 is 15.6 Å². The van der Waals surface area contributed by atoms with Gasteiger partial charge in [0.1, 0.15) is 0 Å². The van der Waals surface area contributed by atoms with E-state index in [4.69, 9.17) is 10.5 Å². The second kappa shape index (κ2) is 6.89. The number of hydrogen-bond acceptors (Lipinski definition) is 4. The average molecular weight is 255 g/mol. The molecular formula is C13H21NO2S. The van der Waals surface area contributed by atoms with Gasteiger partial charge in [0.25, 0.3) is 0 Å². The van der Waals surface area contributed by atoms with Crippen LogP contribution in [-0.4, -0.2) is 29.7 Å². The Balaban J connectivity index is 2.41. The lowest BCUT2D eigenvalue weighted by molar-refractivity contribution is 0.0152. The molecule has 0 spiro atoms. The standard InChI is InChI=1S/C13H21NO2S/c1-9(2)16-7-11(15)8-17-13-6-10(3)4-5-12(13)14/h4-6,9,11,15H,7-8,14H2,1-3H3. The summed E-state index contributed by atoms with van der Waals surface area (Å²) >= 11 is 1.57. The zero-order valence-corrected chi connectivity index (χ0v) is 11.5. The van der Waals surface area contributed by atoms with Crippen molar-refractivity contribution in [1.29, 1.82) is 0 Å². The summed E-state index contributed by atoms with van der Waals surface area (Å²) in [5.74, 6) is 0.598. The Morgan fingerprint density at radius 1 is 1.41 bits per heavy atom. The number of anilines is 1. The Kier molecular flexibility index (Phi) is 5.82. The van der Waals surface area contributed by atoms with E-state index in [1.165, 1.54) is 5.56 Å². The fourth-order valence-electron chi connectivity index (χ4n) is 1.30. The van der Waals surface area contributed by atoms with Gasteiger partial charge in [-0.3, -0.25) is 0 Å². The number of aryl methyl sites for hydroxylation is 1. The highest BCUT2D eigenvalue weighted by Crippen LogP contribution is 2.26. The number of aliphatic hydroxyl groups is 1. The van der Waals surface area contributed by atoms with Gasteiger partial charge in [-0.25, -0.2) is 0 Å². The van der Waals surface area contributed by atoms with Crippen LogP contribution in [-0.2, 0) is 4.74 Å². The van der Waals surface area contributed by atoms with Crippen molar-refractivity contribution in [2.24, 2.45) is 0 Å². The van der Waals surface area contributed by atoms with E-state index in [-0.39, 0.29) is 6.10 Å². The van der Waals surface area contributed by atoms with Gasteiger partial charge in [-0.1, -0.05) is 6.07 Å². The first-order chi connectivity index (χ1) is 7.99. The molecule has 3 N–H and O–H groups in total. The van der Waals surface area contributed by atoms with E-state index in [9.17, 15) is 5.11 Å². The molecule has 1 aromatic carbocycles. The number of hydrogen-bond donors (Lipinski definition) is 2. The van der Waals surface area contributed by atoms with E-state index < -0.39 is 6.10 Å². The number of benzene rings is 1. The van der Waals surface area contributed by atoms with Crippen molar-refractivity contribution in [1.82, 2.24) is 0 Å². The summed E-state index contributed by atoms with van der Waals surface area (Å²) < 4.78 is 5.35. The summed E-state index contributed by atoms with van der Waals surface area (Å²) in [7, 11) is 0. The second-order valence-corrected chi connectivity index (χ2v) is 5.45. The molecule has 0 saturated heterocycles. The summed E-state index contributed by atoms with van der Waals surface area (Å²) in [5, 5.41) is 9.73. The zero-order valence-electron chi connectivity index (χ0n) is 10.6. The molecule has 0 aliphatic heterocycles. The summed E-state index contributed by atoms with van der Waals surface area (Å²) in [6, 6.07) is 5.92. The lowest BCUT2D eigenvalue weighted by Gasteiger charge is -2.14. The van der Waals surface area contributed by atoms with Crippen molar-refractivity contribution < 1.29 is 9.84 Å². The van der Waals surface area contributed by atoms with E-state index in [2.05, 4.69) is 0 Å². The Bertz CT molecular complexity index is 355. The molecule has 96 valence electrons. The average Bonchev–Trinajstić information content (AvgIpc) is 2.27. The van der Waals surface area contributed by atoms with E-state index in [1.807, 2.05) is 39.0 Å². The lowest BCUT2D eigenvalue weighted by Crippen LogP contribution is -2.20. The van der Waals surface area contributed by atoms with Crippen molar-refractivity contribution in [3.05, 3.63) is 23.8 Å². The van der Waals surface area contributed by atoms with Gasteiger partial charge in [-0.05, 0) is 38.5 Å². The van der Waals surface area contributed by atoms with Gasteiger partial charge >= 0.3 is 0 Å². The molecule has 0 aromatic heterocycles. The first-order valence-electron chi connectivity index (χ1n) is 5.77. The molecule has 0 aliphatic rings. The number of rotatable bonds is 6. The molecule has 0 aliphatic carbocycles. The molecule has 17 heavy (non-hydrogen) atoms.